The lowest BCUT2D eigenvalue weighted by Gasteiger charge is -2.23. The van der Waals surface area contributed by atoms with E-state index in [0.717, 1.165) is 19.4 Å². The first-order valence-electron chi connectivity index (χ1n) is 10.6. The van der Waals surface area contributed by atoms with Crippen LogP contribution in [0.5, 0.6) is 0 Å². The van der Waals surface area contributed by atoms with E-state index in [2.05, 4.69) is 24.4 Å². The number of nitrogens with one attached hydrogen (secondary N) is 1. The summed E-state index contributed by atoms with van der Waals surface area (Å²) in [6.45, 7) is 3.07. The fourth-order valence-electron chi connectivity index (χ4n) is 3.29. The maximum Gasteiger partial charge on any atom is 0.237 e. The van der Waals surface area contributed by atoms with Gasteiger partial charge in [-0.1, -0.05) is 95.0 Å². The molecule has 0 saturated carbocycles. The van der Waals surface area contributed by atoms with Crippen molar-refractivity contribution in [3.8, 4) is 0 Å². The molecule has 3 heteroatoms. The van der Waals surface area contributed by atoms with Crippen molar-refractivity contribution in [2.75, 3.05) is 20.6 Å². The van der Waals surface area contributed by atoms with E-state index in [4.69, 9.17) is 0 Å². The molecule has 0 spiro atoms. The Bertz CT molecular complexity index is 459. The highest BCUT2D eigenvalue weighted by molar-refractivity contribution is 5.82. The molecule has 1 N–H and O–H groups in total. The second kappa shape index (κ2) is 14.8. The van der Waals surface area contributed by atoms with Crippen LogP contribution >= 0.6 is 0 Å². The number of nitrogens with zero attached hydrogens (tertiary/aromatic N) is 1. The van der Waals surface area contributed by atoms with Gasteiger partial charge in [0.2, 0.25) is 5.91 Å². The van der Waals surface area contributed by atoms with Gasteiger partial charge in [0.25, 0.3) is 0 Å². The number of benzene rings is 1. The number of likely N-dealkylation sites (N-methyl/N-ethyl adjacent to an activating group) is 1. The van der Waals surface area contributed by atoms with Crippen molar-refractivity contribution >= 4 is 5.91 Å². The zero-order valence-corrected chi connectivity index (χ0v) is 17.3. The number of carbonyl (C=O) groups excluding carboxylic acids is 1. The maximum atomic E-state index is 12.5. The first kappa shape index (κ1) is 22.7. The molecule has 1 aromatic rings. The summed E-state index contributed by atoms with van der Waals surface area (Å²) in [6.07, 6.45) is 14.0. The Morgan fingerprint density at radius 3 is 1.96 bits per heavy atom. The molecule has 0 aliphatic heterocycles. The minimum Gasteiger partial charge on any atom is -0.355 e. The largest absolute Gasteiger partial charge is 0.355 e. The van der Waals surface area contributed by atoms with E-state index in [1.807, 2.05) is 37.2 Å². The predicted molar refractivity (Wildman–Crippen MR) is 112 cm³/mol. The van der Waals surface area contributed by atoms with Crippen LogP contribution in [-0.4, -0.2) is 37.5 Å². The second-order valence-electron chi connectivity index (χ2n) is 7.64. The van der Waals surface area contributed by atoms with E-state index in [9.17, 15) is 4.79 Å². The first-order chi connectivity index (χ1) is 12.6. The van der Waals surface area contributed by atoms with Gasteiger partial charge in [0.05, 0.1) is 6.04 Å². The van der Waals surface area contributed by atoms with Crippen molar-refractivity contribution in [3.63, 3.8) is 0 Å². The zero-order valence-electron chi connectivity index (χ0n) is 17.3. The minimum absolute atomic E-state index is 0.0967. The lowest BCUT2D eigenvalue weighted by Crippen LogP contribution is -2.45. The highest BCUT2D eigenvalue weighted by atomic mass is 16.2. The molecule has 0 aromatic heterocycles. The van der Waals surface area contributed by atoms with Crippen molar-refractivity contribution in [1.29, 1.82) is 0 Å². The molecule has 0 aliphatic rings. The summed E-state index contributed by atoms with van der Waals surface area (Å²) < 4.78 is 0. The molecular weight excluding hydrogens is 320 g/mol. The Hall–Kier alpha value is -1.35. The van der Waals surface area contributed by atoms with Crippen molar-refractivity contribution in [2.24, 2.45) is 0 Å². The third kappa shape index (κ3) is 10.6. The molecule has 0 heterocycles. The van der Waals surface area contributed by atoms with Crippen LogP contribution in [0.1, 0.15) is 76.7 Å². The van der Waals surface area contributed by atoms with E-state index in [1.165, 1.54) is 63.4 Å². The molecule has 1 aromatic carbocycles. The smallest absolute Gasteiger partial charge is 0.237 e. The number of carbonyl (C=O) groups is 1. The number of hydrogen-bond donors (Lipinski definition) is 1. The van der Waals surface area contributed by atoms with E-state index in [0.29, 0.717) is 0 Å². The lowest BCUT2D eigenvalue weighted by atomic mass is 10.0. The van der Waals surface area contributed by atoms with Gasteiger partial charge in [-0.2, -0.15) is 0 Å². The number of rotatable bonds is 15. The molecule has 0 radical (unpaired) electrons. The molecule has 0 bridgehead atoms. The average molecular weight is 361 g/mol. The van der Waals surface area contributed by atoms with Crippen LogP contribution in [0.4, 0.5) is 0 Å². The van der Waals surface area contributed by atoms with Crippen LogP contribution < -0.4 is 5.32 Å². The van der Waals surface area contributed by atoms with Gasteiger partial charge in [-0.05, 0) is 32.5 Å². The fourth-order valence-corrected chi connectivity index (χ4v) is 3.29. The molecule has 148 valence electrons. The van der Waals surface area contributed by atoms with Gasteiger partial charge < -0.3 is 5.32 Å². The monoisotopic (exact) mass is 360 g/mol. The standard InChI is InChI=1S/C23H40N2O/c1-4-5-6-7-8-9-10-11-12-16-19-24-23(26)22(25(2)3)20-21-17-14-13-15-18-21/h13-15,17-18,22H,4-12,16,19-20H2,1-3H3,(H,24,26). The number of amides is 1. The molecule has 1 rings (SSSR count). The van der Waals surface area contributed by atoms with Gasteiger partial charge in [0.15, 0.2) is 0 Å². The third-order valence-corrected chi connectivity index (χ3v) is 5.03. The fraction of sp³-hybridized carbons (Fsp3) is 0.696. The Labute approximate surface area is 161 Å². The molecule has 0 fully saturated rings. The van der Waals surface area contributed by atoms with Crippen LogP contribution in [-0.2, 0) is 11.2 Å². The van der Waals surface area contributed by atoms with Gasteiger partial charge in [-0.3, -0.25) is 9.69 Å². The van der Waals surface area contributed by atoms with Gasteiger partial charge in [0, 0.05) is 6.54 Å². The minimum atomic E-state index is -0.0967. The summed E-state index contributed by atoms with van der Waals surface area (Å²) in [6, 6.07) is 10.2. The van der Waals surface area contributed by atoms with E-state index in [1.54, 1.807) is 0 Å². The molecular formula is C23H40N2O. The Morgan fingerprint density at radius 1 is 0.885 bits per heavy atom. The third-order valence-electron chi connectivity index (χ3n) is 5.03. The molecule has 0 saturated heterocycles. The summed E-state index contributed by atoms with van der Waals surface area (Å²) in [4.78, 5) is 14.5. The topological polar surface area (TPSA) is 32.3 Å². The van der Waals surface area contributed by atoms with Crippen LogP contribution in [0.15, 0.2) is 30.3 Å². The highest BCUT2D eigenvalue weighted by Crippen LogP contribution is 2.10. The van der Waals surface area contributed by atoms with E-state index in [-0.39, 0.29) is 11.9 Å². The van der Waals surface area contributed by atoms with Gasteiger partial charge >= 0.3 is 0 Å². The zero-order chi connectivity index (χ0) is 19.0. The Balaban J connectivity index is 2.10. The lowest BCUT2D eigenvalue weighted by molar-refractivity contribution is -0.125. The summed E-state index contributed by atoms with van der Waals surface area (Å²) in [5.41, 5.74) is 1.21. The Morgan fingerprint density at radius 2 is 1.42 bits per heavy atom. The average Bonchev–Trinajstić information content (AvgIpc) is 2.64. The van der Waals surface area contributed by atoms with Crippen LogP contribution in [0.2, 0.25) is 0 Å². The molecule has 1 amide bonds. The summed E-state index contributed by atoms with van der Waals surface area (Å²) >= 11 is 0. The predicted octanol–water partition coefficient (Wildman–Crippen LogP) is 5.20. The van der Waals surface area contributed by atoms with Crippen molar-refractivity contribution in [2.45, 2.75) is 83.6 Å². The molecule has 0 aliphatic carbocycles. The van der Waals surface area contributed by atoms with Gasteiger partial charge in [0.1, 0.15) is 0 Å². The van der Waals surface area contributed by atoms with Crippen molar-refractivity contribution in [3.05, 3.63) is 35.9 Å². The van der Waals surface area contributed by atoms with Crippen LogP contribution in [0.25, 0.3) is 0 Å². The van der Waals surface area contributed by atoms with Crippen molar-refractivity contribution in [1.82, 2.24) is 10.2 Å². The quantitative estimate of drug-likeness (QED) is 0.436. The van der Waals surface area contributed by atoms with E-state index >= 15 is 0 Å². The first-order valence-corrected chi connectivity index (χ1v) is 10.6. The molecule has 1 atom stereocenters. The Kier molecular flexibility index (Phi) is 12.9. The van der Waals surface area contributed by atoms with Crippen LogP contribution in [0, 0.1) is 0 Å². The van der Waals surface area contributed by atoms with Crippen LogP contribution in [0.3, 0.4) is 0 Å². The second-order valence-corrected chi connectivity index (χ2v) is 7.64. The molecule has 26 heavy (non-hydrogen) atoms. The maximum absolute atomic E-state index is 12.5. The van der Waals surface area contributed by atoms with Crippen molar-refractivity contribution < 1.29 is 4.79 Å². The number of unbranched alkanes of at least 4 members (excludes halogenated alkanes) is 9. The normalized spacial score (nSPS) is 12.3. The van der Waals surface area contributed by atoms with Gasteiger partial charge in [-0.15, -0.1) is 0 Å². The summed E-state index contributed by atoms with van der Waals surface area (Å²) in [5.74, 6) is 0.148. The van der Waals surface area contributed by atoms with E-state index < -0.39 is 0 Å². The SMILES string of the molecule is CCCCCCCCCCCCNC(=O)C(Cc1ccccc1)N(C)C. The summed E-state index contributed by atoms with van der Waals surface area (Å²) in [7, 11) is 3.96. The summed E-state index contributed by atoms with van der Waals surface area (Å²) in [5, 5.41) is 3.13. The van der Waals surface area contributed by atoms with Gasteiger partial charge in [-0.25, -0.2) is 0 Å². The molecule has 3 nitrogen and oxygen atoms in total. The number of hydrogen-bond acceptors (Lipinski definition) is 2. The highest BCUT2D eigenvalue weighted by Gasteiger charge is 2.20. The molecule has 1 unspecified atom stereocenters.